The van der Waals surface area contributed by atoms with E-state index in [1.54, 1.807) is 4.90 Å². The Hall–Kier alpha value is -1.51. The maximum atomic E-state index is 11.2. The predicted octanol–water partition coefficient (Wildman–Crippen LogP) is 1.66. The third-order valence-electron chi connectivity index (χ3n) is 4.13. The fraction of sp³-hybridized carbons (Fsp3) is 0.462. The number of aryl methyl sites for hydroxylation is 1. The van der Waals surface area contributed by atoms with E-state index in [1.807, 2.05) is 0 Å². The Kier molecular flexibility index (Phi) is 1.96. The summed E-state index contributed by atoms with van der Waals surface area (Å²) in [5, 5.41) is 0. The first-order valence-corrected chi connectivity index (χ1v) is 5.84. The van der Waals surface area contributed by atoms with Crippen LogP contribution in [0.4, 0.5) is 4.79 Å². The van der Waals surface area contributed by atoms with E-state index in [1.165, 1.54) is 11.1 Å². The highest BCUT2D eigenvalue weighted by Gasteiger charge is 2.44. The molecule has 1 atom stereocenters. The zero-order valence-electron chi connectivity index (χ0n) is 9.28. The Morgan fingerprint density at radius 3 is 2.88 bits per heavy atom. The molecular formula is C13H16N2O. The summed E-state index contributed by atoms with van der Waals surface area (Å²) >= 11 is 0. The van der Waals surface area contributed by atoms with Gasteiger partial charge in [0, 0.05) is 18.5 Å². The number of nitrogens with two attached hydrogens (primary N) is 1. The summed E-state index contributed by atoms with van der Waals surface area (Å²) < 4.78 is 0. The minimum absolute atomic E-state index is 0.200. The number of primary amides is 1. The summed E-state index contributed by atoms with van der Waals surface area (Å²) in [7, 11) is 0. The van der Waals surface area contributed by atoms with Crippen LogP contribution in [0.25, 0.3) is 0 Å². The molecule has 0 radical (unpaired) electrons. The number of amides is 2. The zero-order chi connectivity index (χ0) is 11.2. The van der Waals surface area contributed by atoms with Gasteiger partial charge in [-0.25, -0.2) is 4.79 Å². The third kappa shape index (κ3) is 1.24. The van der Waals surface area contributed by atoms with Crippen molar-refractivity contribution in [3.8, 4) is 0 Å². The van der Waals surface area contributed by atoms with Crippen LogP contribution in [0.3, 0.4) is 0 Å². The molecule has 0 saturated carbocycles. The molecule has 1 spiro atoms. The van der Waals surface area contributed by atoms with Crippen molar-refractivity contribution < 1.29 is 4.79 Å². The van der Waals surface area contributed by atoms with Crippen LogP contribution in [0, 0.1) is 0 Å². The molecule has 1 aromatic carbocycles. The highest BCUT2D eigenvalue weighted by molar-refractivity contribution is 5.72. The summed E-state index contributed by atoms with van der Waals surface area (Å²) in [6.45, 7) is 1.61. The van der Waals surface area contributed by atoms with Gasteiger partial charge in [0.05, 0.1) is 0 Å². The number of carbonyl (C=O) groups is 1. The van der Waals surface area contributed by atoms with E-state index < -0.39 is 0 Å². The van der Waals surface area contributed by atoms with Crippen molar-refractivity contribution in [2.45, 2.75) is 24.7 Å². The van der Waals surface area contributed by atoms with Gasteiger partial charge < -0.3 is 10.6 Å². The van der Waals surface area contributed by atoms with Crippen LogP contribution in [-0.2, 0) is 11.8 Å². The molecule has 16 heavy (non-hydrogen) atoms. The molecule has 3 nitrogen and oxygen atoms in total. The first kappa shape index (κ1) is 9.70. The lowest BCUT2D eigenvalue weighted by Crippen LogP contribution is -2.36. The Balaban J connectivity index is 1.95. The molecule has 3 heteroatoms. The van der Waals surface area contributed by atoms with Gasteiger partial charge in [0.25, 0.3) is 0 Å². The SMILES string of the molecule is NC(=O)N1CCC2(CCc3ccccc32)C1. The first-order chi connectivity index (χ1) is 7.71. The van der Waals surface area contributed by atoms with E-state index in [2.05, 4.69) is 24.3 Å². The number of rotatable bonds is 0. The number of nitrogens with zero attached hydrogens (tertiary/aromatic N) is 1. The number of hydrogen-bond acceptors (Lipinski definition) is 1. The minimum atomic E-state index is -0.277. The molecule has 0 aromatic heterocycles. The largest absolute Gasteiger partial charge is 0.351 e. The molecule has 1 aromatic rings. The smallest absolute Gasteiger partial charge is 0.314 e. The number of hydrogen-bond donors (Lipinski definition) is 1. The molecular weight excluding hydrogens is 200 g/mol. The van der Waals surface area contributed by atoms with Crippen LogP contribution in [-0.4, -0.2) is 24.0 Å². The van der Waals surface area contributed by atoms with Crippen molar-refractivity contribution in [2.24, 2.45) is 5.73 Å². The van der Waals surface area contributed by atoms with Crippen LogP contribution in [0.5, 0.6) is 0 Å². The van der Waals surface area contributed by atoms with Gasteiger partial charge in [-0.3, -0.25) is 0 Å². The van der Waals surface area contributed by atoms with Gasteiger partial charge >= 0.3 is 6.03 Å². The zero-order valence-corrected chi connectivity index (χ0v) is 9.28. The number of carbonyl (C=O) groups excluding carboxylic acids is 1. The van der Waals surface area contributed by atoms with Crippen LogP contribution in [0.2, 0.25) is 0 Å². The number of fused-ring (bicyclic) bond motifs is 2. The Labute approximate surface area is 95.2 Å². The van der Waals surface area contributed by atoms with E-state index in [0.29, 0.717) is 0 Å². The molecule has 1 aliphatic heterocycles. The van der Waals surface area contributed by atoms with Crippen molar-refractivity contribution in [1.82, 2.24) is 4.90 Å². The Morgan fingerprint density at radius 2 is 2.12 bits per heavy atom. The standard InChI is InChI=1S/C13H16N2O/c14-12(16)15-8-7-13(9-15)6-5-10-3-1-2-4-11(10)13/h1-4H,5-9H2,(H2,14,16). The van der Waals surface area contributed by atoms with E-state index >= 15 is 0 Å². The Bertz CT molecular complexity index is 443. The summed E-state index contributed by atoms with van der Waals surface area (Å²) in [5.41, 5.74) is 8.45. The summed E-state index contributed by atoms with van der Waals surface area (Å²) in [5.74, 6) is 0. The van der Waals surface area contributed by atoms with Gasteiger partial charge in [0.15, 0.2) is 0 Å². The van der Waals surface area contributed by atoms with E-state index in [-0.39, 0.29) is 11.4 Å². The van der Waals surface area contributed by atoms with Crippen molar-refractivity contribution in [3.63, 3.8) is 0 Å². The summed E-state index contributed by atoms with van der Waals surface area (Å²) in [6, 6.07) is 8.34. The number of urea groups is 1. The fourth-order valence-corrected chi connectivity index (χ4v) is 3.25. The summed E-state index contributed by atoms with van der Waals surface area (Å²) in [6.07, 6.45) is 3.37. The van der Waals surface area contributed by atoms with Gasteiger partial charge in [0.1, 0.15) is 0 Å². The molecule has 1 heterocycles. The molecule has 1 aliphatic carbocycles. The fourth-order valence-electron chi connectivity index (χ4n) is 3.25. The minimum Gasteiger partial charge on any atom is -0.351 e. The molecule has 0 bridgehead atoms. The van der Waals surface area contributed by atoms with Gasteiger partial charge in [-0.2, -0.15) is 0 Å². The highest BCUT2D eigenvalue weighted by atomic mass is 16.2. The monoisotopic (exact) mass is 216 g/mol. The molecule has 2 aliphatic rings. The van der Waals surface area contributed by atoms with Crippen molar-refractivity contribution in [2.75, 3.05) is 13.1 Å². The maximum absolute atomic E-state index is 11.2. The summed E-state index contributed by atoms with van der Waals surface area (Å²) in [4.78, 5) is 13.0. The second-order valence-corrected chi connectivity index (χ2v) is 4.95. The van der Waals surface area contributed by atoms with Crippen LogP contribution in [0.1, 0.15) is 24.0 Å². The van der Waals surface area contributed by atoms with Gasteiger partial charge in [-0.1, -0.05) is 24.3 Å². The van der Waals surface area contributed by atoms with Crippen molar-refractivity contribution in [3.05, 3.63) is 35.4 Å². The lowest BCUT2D eigenvalue weighted by molar-refractivity contribution is 0.215. The molecule has 2 amide bonds. The highest BCUT2D eigenvalue weighted by Crippen LogP contribution is 2.45. The van der Waals surface area contributed by atoms with E-state index in [0.717, 1.165) is 32.4 Å². The van der Waals surface area contributed by atoms with Crippen LogP contribution in [0.15, 0.2) is 24.3 Å². The average molecular weight is 216 g/mol. The Morgan fingerprint density at radius 1 is 1.31 bits per heavy atom. The van der Waals surface area contributed by atoms with Crippen molar-refractivity contribution >= 4 is 6.03 Å². The second-order valence-electron chi connectivity index (χ2n) is 4.95. The lowest BCUT2D eigenvalue weighted by Gasteiger charge is -2.24. The molecule has 2 N–H and O–H groups in total. The molecule has 1 fully saturated rings. The number of benzene rings is 1. The third-order valence-corrected chi connectivity index (χ3v) is 4.13. The van der Waals surface area contributed by atoms with E-state index in [9.17, 15) is 4.79 Å². The quantitative estimate of drug-likeness (QED) is 0.704. The normalized spacial score (nSPS) is 27.4. The van der Waals surface area contributed by atoms with Crippen molar-refractivity contribution in [1.29, 1.82) is 0 Å². The average Bonchev–Trinajstić information content (AvgIpc) is 2.87. The topological polar surface area (TPSA) is 46.3 Å². The first-order valence-electron chi connectivity index (χ1n) is 5.84. The number of likely N-dealkylation sites (tertiary alicyclic amines) is 1. The van der Waals surface area contributed by atoms with Crippen LogP contribution < -0.4 is 5.73 Å². The molecule has 1 saturated heterocycles. The molecule has 1 unspecified atom stereocenters. The van der Waals surface area contributed by atoms with Gasteiger partial charge in [-0.15, -0.1) is 0 Å². The molecule has 3 rings (SSSR count). The van der Waals surface area contributed by atoms with Gasteiger partial charge in [-0.05, 0) is 30.4 Å². The maximum Gasteiger partial charge on any atom is 0.314 e. The molecule has 84 valence electrons. The second kappa shape index (κ2) is 3.24. The predicted molar refractivity (Wildman–Crippen MR) is 62.2 cm³/mol. The van der Waals surface area contributed by atoms with Crippen LogP contribution >= 0.6 is 0 Å². The van der Waals surface area contributed by atoms with E-state index in [4.69, 9.17) is 5.73 Å². The van der Waals surface area contributed by atoms with Gasteiger partial charge in [0.2, 0.25) is 0 Å². The lowest BCUT2D eigenvalue weighted by atomic mass is 9.81.